The summed E-state index contributed by atoms with van der Waals surface area (Å²) in [5.41, 5.74) is 3.62. The Kier molecular flexibility index (Phi) is 6.32. The van der Waals surface area contributed by atoms with E-state index >= 15 is 0 Å². The van der Waals surface area contributed by atoms with Crippen molar-refractivity contribution in [1.29, 1.82) is 0 Å². The van der Waals surface area contributed by atoms with Crippen LogP contribution < -0.4 is 10.2 Å². The molecule has 1 saturated heterocycles. The van der Waals surface area contributed by atoms with Crippen LogP contribution in [-0.2, 0) is 6.42 Å². The van der Waals surface area contributed by atoms with Gasteiger partial charge in [-0.1, -0.05) is 29.8 Å². The molecule has 30 heavy (non-hydrogen) atoms. The van der Waals surface area contributed by atoms with E-state index in [9.17, 15) is 4.79 Å². The van der Waals surface area contributed by atoms with Gasteiger partial charge < -0.3 is 10.2 Å². The van der Waals surface area contributed by atoms with Crippen LogP contribution in [0.3, 0.4) is 0 Å². The SMILES string of the molecule is Cc1cccc(-c2ncc(C(=O)NCCc3ccccn3)c(N3CCCCC3)n2)c1. The number of amides is 1. The Labute approximate surface area is 177 Å². The number of hydrogen-bond acceptors (Lipinski definition) is 5. The van der Waals surface area contributed by atoms with Crippen LogP contribution in [0, 0.1) is 6.92 Å². The number of piperidine rings is 1. The number of pyridine rings is 1. The summed E-state index contributed by atoms with van der Waals surface area (Å²) in [6, 6.07) is 13.9. The van der Waals surface area contributed by atoms with E-state index in [4.69, 9.17) is 4.98 Å². The minimum Gasteiger partial charge on any atom is -0.356 e. The molecular formula is C24H27N5O. The monoisotopic (exact) mass is 401 g/mol. The van der Waals surface area contributed by atoms with E-state index in [1.165, 1.54) is 6.42 Å². The third-order valence-electron chi connectivity index (χ3n) is 5.34. The van der Waals surface area contributed by atoms with Gasteiger partial charge in [0.05, 0.1) is 0 Å². The summed E-state index contributed by atoms with van der Waals surface area (Å²) in [5, 5.41) is 3.01. The Morgan fingerprint density at radius 2 is 1.93 bits per heavy atom. The van der Waals surface area contributed by atoms with Crippen LogP contribution in [0.15, 0.2) is 54.9 Å². The number of rotatable bonds is 6. The normalized spacial score (nSPS) is 13.8. The number of hydrogen-bond donors (Lipinski definition) is 1. The van der Waals surface area contributed by atoms with Crippen LogP contribution >= 0.6 is 0 Å². The van der Waals surface area contributed by atoms with Crippen LogP contribution in [0.25, 0.3) is 11.4 Å². The van der Waals surface area contributed by atoms with Crippen LogP contribution in [0.2, 0.25) is 0 Å². The lowest BCUT2D eigenvalue weighted by Gasteiger charge is -2.29. The molecular weight excluding hydrogens is 374 g/mol. The van der Waals surface area contributed by atoms with Gasteiger partial charge in [0.2, 0.25) is 0 Å². The molecule has 1 fully saturated rings. The fraction of sp³-hybridized carbons (Fsp3) is 0.333. The zero-order valence-electron chi connectivity index (χ0n) is 17.3. The number of nitrogens with one attached hydrogen (secondary N) is 1. The second kappa shape index (κ2) is 9.48. The highest BCUT2D eigenvalue weighted by Gasteiger charge is 2.22. The molecule has 0 bridgehead atoms. The zero-order chi connectivity index (χ0) is 20.8. The summed E-state index contributed by atoms with van der Waals surface area (Å²) in [7, 11) is 0. The summed E-state index contributed by atoms with van der Waals surface area (Å²) >= 11 is 0. The van der Waals surface area contributed by atoms with E-state index in [0.717, 1.165) is 48.6 Å². The molecule has 0 atom stereocenters. The van der Waals surface area contributed by atoms with Gasteiger partial charge in [0.25, 0.3) is 5.91 Å². The van der Waals surface area contributed by atoms with Crippen molar-refractivity contribution in [2.75, 3.05) is 24.5 Å². The molecule has 0 saturated carbocycles. The van der Waals surface area contributed by atoms with E-state index in [1.807, 2.05) is 30.3 Å². The van der Waals surface area contributed by atoms with Gasteiger partial charge in [-0.25, -0.2) is 9.97 Å². The Bertz CT molecular complexity index is 999. The molecule has 6 heteroatoms. The summed E-state index contributed by atoms with van der Waals surface area (Å²) < 4.78 is 0. The molecule has 2 aromatic heterocycles. The van der Waals surface area contributed by atoms with Crippen LogP contribution in [-0.4, -0.2) is 40.5 Å². The lowest BCUT2D eigenvalue weighted by Crippen LogP contribution is -2.34. The summed E-state index contributed by atoms with van der Waals surface area (Å²) in [4.78, 5) is 28.8. The molecule has 4 rings (SSSR count). The second-order valence-electron chi connectivity index (χ2n) is 7.68. The molecule has 1 aliphatic heterocycles. The van der Waals surface area contributed by atoms with E-state index in [1.54, 1.807) is 12.4 Å². The Morgan fingerprint density at radius 1 is 1.07 bits per heavy atom. The predicted molar refractivity (Wildman–Crippen MR) is 119 cm³/mol. The quantitative estimate of drug-likeness (QED) is 0.680. The fourth-order valence-corrected chi connectivity index (χ4v) is 3.75. The average molecular weight is 402 g/mol. The summed E-state index contributed by atoms with van der Waals surface area (Å²) in [6.45, 7) is 4.41. The smallest absolute Gasteiger partial charge is 0.256 e. The molecule has 0 unspecified atom stereocenters. The van der Waals surface area contributed by atoms with Crippen LogP contribution in [0.1, 0.15) is 40.9 Å². The highest BCUT2D eigenvalue weighted by molar-refractivity contribution is 5.99. The van der Waals surface area contributed by atoms with Gasteiger partial charge in [0, 0.05) is 49.7 Å². The van der Waals surface area contributed by atoms with Crippen molar-refractivity contribution in [2.45, 2.75) is 32.6 Å². The largest absolute Gasteiger partial charge is 0.356 e. The van der Waals surface area contributed by atoms with Crippen molar-refractivity contribution < 1.29 is 4.79 Å². The Hall–Kier alpha value is -3.28. The first-order chi connectivity index (χ1) is 14.7. The van der Waals surface area contributed by atoms with E-state index in [0.29, 0.717) is 24.4 Å². The maximum absolute atomic E-state index is 13.0. The highest BCUT2D eigenvalue weighted by atomic mass is 16.1. The molecule has 154 valence electrons. The lowest BCUT2D eigenvalue weighted by atomic mass is 10.1. The van der Waals surface area contributed by atoms with Gasteiger partial charge in [0.15, 0.2) is 5.82 Å². The van der Waals surface area contributed by atoms with Crippen LogP contribution in [0.5, 0.6) is 0 Å². The molecule has 3 aromatic rings. The maximum atomic E-state index is 13.0. The third kappa shape index (κ3) is 4.82. The molecule has 0 radical (unpaired) electrons. The topological polar surface area (TPSA) is 71.0 Å². The molecule has 1 aliphatic rings. The van der Waals surface area contributed by atoms with Crippen LogP contribution in [0.4, 0.5) is 5.82 Å². The predicted octanol–water partition coefficient (Wildman–Crippen LogP) is 3.81. The molecule has 1 N–H and O–H groups in total. The zero-order valence-corrected chi connectivity index (χ0v) is 17.3. The Morgan fingerprint density at radius 3 is 2.70 bits per heavy atom. The maximum Gasteiger partial charge on any atom is 0.256 e. The molecule has 1 aromatic carbocycles. The van der Waals surface area contributed by atoms with Crippen molar-refractivity contribution in [3.63, 3.8) is 0 Å². The van der Waals surface area contributed by atoms with Crippen molar-refractivity contribution >= 4 is 11.7 Å². The molecule has 0 spiro atoms. The van der Waals surface area contributed by atoms with Gasteiger partial charge in [-0.2, -0.15) is 0 Å². The molecule has 6 nitrogen and oxygen atoms in total. The number of anilines is 1. The highest BCUT2D eigenvalue weighted by Crippen LogP contribution is 2.25. The Balaban J connectivity index is 1.56. The molecule has 3 heterocycles. The fourth-order valence-electron chi connectivity index (χ4n) is 3.75. The molecule has 0 aliphatic carbocycles. The summed E-state index contributed by atoms with van der Waals surface area (Å²) in [5.74, 6) is 1.25. The minimum atomic E-state index is -0.137. The number of benzene rings is 1. The number of carbonyl (C=O) groups excluding carboxylic acids is 1. The van der Waals surface area contributed by atoms with E-state index < -0.39 is 0 Å². The van der Waals surface area contributed by atoms with Gasteiger partial charge in [0.1, 0.15) is 11.4 Å². The third-order valence-corrected chi connectivity index (χ3v) is 5.34. The van der Waals surface area contributed by atoms with Crippen molar-refractivity contribution in [3.05, 3.63) is 71.7 Å². The van der Waals surface area contributed by atoms with Gasteiger partial charge in [-0.3, -0.25) is 9.78 Å². The first-order valence-corrected chi connectivity index (χ1v) is 10.6. The minimum absolute atomic E-state index is 0.137. The first kappa shape index (κ1) is 20.0. The number of aryl methyl sites for hydroxylation is 1. The standard InChI is InChI=1S/C24H27N5O/c1-18-8-7-9-19(16-18)22-27-17-21(23(28-22)29-14-5-2-6-15-29)24(30)26-13-11-20-10-3-4-12-25-20/h3-4,7-10,12,16-17H,2,5-6,11,13-15H2,1H3,(H,26,30). The van der Waals surface area contributed by atoms with Gasteiger partial charge in [-0.15, -0.1) is 0 Å². The lowest BCUT2D eigenvalue weighted by molar-refractivity contribution is 0.0954. The van der Waals surface area contributed by atoms with Crippen molar-refractivity contribution in [1.82, 2.24) is 20.3 Å². The van der Waals surface area contributed by atoms with E-state index in [2.05, 4.69) is 39.2 Å². The first-order valence-electron chi connectivity index (χ1n) is 10.6. The van der Waals surface area contributed by atoms with Crippen molar-refractivity contribution in [2.24, 2.45) is 0 Å². The average Bonchev–Trinajstić information content (AvgIpc) is 2.80. The number of carbonyl (C=O) groups is 1. The summed E-state index contributed by atoms with van der Waals surface area (Å²) in [6.07, 6.45) is 7.58. The van der Waals surface area contributed by atoms with Crippen molar-refractivity contribution in [3.8, 4) is 11.4 Å². The number of nitrogens with zero attached hydrogens (tertiary/aromatic N) is 4. The number of aromatic nitrogens is 3. The van der Waals surface area contributed by atoms with Gasteiger partial charge in [-0.05, 0) is 44.4 Å². The van der Waals surface area contributed by atoms with Gasteiger partial charge >= 0.3 is 0 Å². The molecule has 1 amide bonds. The second-order valence-corrected chi connectivity index (χ2v) is 7.68. The van der Waals surface area contributed by atoms with E-state index in [-0.39, 0.29) is 5.91 Å².